The Morgan fingerprint density at radius 2 is 0.652 bits per heavy atom. The molecule has 0 rings (SSSR count). The molecule has 0 bridgehead atoms. The largest absolute Gasteiger partial charge is 2.00 e. The Kier molecular flexibility index (Phi) is 107. The normalized spacial score (nSPS) is 5.65. The number of carbonyl (C=O) groups excluding carboxylic acids is 4. The predicted molar refractivity (Wildman–Crippen MR) is 62.6 cm³/mol. The molecule has 0 heterocycles. The zero-order valence-corrected chi connectivity index (χ0v) is 20.5. The van der Waals surface area contributed by atoms with Crippen LogP contribution in [0.5, 0.6) is 0 Å². The van der Waals surface area contributed by atoms with Crippen LogP contribution in [0.2, 0.25) is 0 Å². The third kappa shape index (κ3) is 2410. The Morgan fingerprint density at radius 1 is 0.609 bits per heavy atom. The summed E-state index contributed by atoms with van der Waals surface area (Å²) in [6.07, 6.45) is 0. The average molecular weight is 384 g/mol. The zero-order chi connectivity index (χ0) is 17.7. The number of carboxylic acid groups (broad SMARTS) is 4. The van der Waals surface area contributed by atoms with Crippen LogP contribution in [-0.2, 0) is 19.2 Å². The Bertz CT molecular complexity index is 198. The molecule has 0 aromatic carbocycles. The van der Waals surface area contributed by atoms with Crippen LogP contribution in [0.3, 0.4) is 0 Å². The van der Waals surface area contributed by atoms with Crippen LogP contribution < -0.4 is 79.5 Å². The van der Waals surface area contributed by atoms with Crippen LogP contribution in [0, 0.1) is 0 Å². The number of carboxylic acids is 4. The fourth-order valence-electron chi connectivity index (χ4n) is 0. The smallest absolute Gasteiger partial charge is 0.550 e. The minimum atomic E-state index is -1.08. The van der Waals surface area contributed by atoms with E-state index < -0.39 is 23.9 Å². The van der Waals surface area contributed by atoms with Gasteiger partial charge < -0.3 is 49.8 Å². The molecule has 0 aliphatic carbocycles. The molecule has 13 heteroatoms. The molecule has 0 spiro atoms. The first-order valence-corrected chi connectivity index (χ1v) is 4.77. The van der Waals surface area contributed by atoms with Crippen molar-refractivity contribution in [2.75, 3.05) is 13.2 Å². The summed E-state index contributed by atoms with van der Waals surface area (Å²) in [5.74, 6) is -4.33. The summed E-state index contributed by atoms with van der Waals surface area (Å²) in [5.41, 5.74) is 0. The second-order valence-electron chi connectivity index (χ2n) is 2.41. The third-order valence-electron chi connectivity index (χ3n) is 0.1000. The summed E-state index contributed by atoms with van der Waals surface area (Å²) in [6.45, 7) is 3.64. The van der Waals surface area contributed by atoms with Crippen LogP contribution in [0.25, 0.3) is 0 Å². The molecule has 0 amide bonds. The molecule has 0 saturated heterocycles. The SMILES string of the molecule is CC(=O)[O-].CC(=O)[O-].CC(=O)[O-].CC(=O)[O-].OCCO.[Ca+2].[Na+].[Na+]. The topological polar surface area (TPSA) is 201 Å². The quantitative estimate of drug-likeness (QED) is 0.409. The van der Waals surface area contributed by atoms with Gasteiger partial charge in [0.1, 0.15) is 0 Å². The van der Waals surface area contributed by atoms with Crippen LogP contribution in [0.4, 0.5) is 0 Å². The number of carbonyl (C=O) groups is 4. The molecule has 2 N–H and O–H groups in total. The standard InChI is InChI=1S/4C2H4O2.C2H6O2.Ca.2Na/c4*1-2(3)4;3-1-2-4;;;/h4*1H3,(H,3,4);3-4H,1-2H2;;;/q;;;;;+2;2*+1/p-4. The first kappa shape index (κ1) is 49.6. The van der Waals surface area contributed by atoms with Crippen molar-refractivity contribution in [2.24, 2.45) is 0 Å². The molecule has 0 aliphatic heterocycles. The Hall–Kier alpha value is 1.06. The van der Waals surface area contributed by atoms with Crippen molar-refractivity contribution < 1.29 is 109 Å². The van der Waals surface area contributed by atoms with Gasteiger partial charge in [0.15, 0.2) is 0 Å². The zero-order valence-electron chi connectivity index (χ0n) is 14.3. The number of hydrogen-bond acceptors (Lipinski definition) is 10. The third-order valence-corrected chi connectivity index (χ3v) is 0.1000. The molecule has 0 aliphatic rings. The summed E-state index contributed by atoms with van der Waals surface area (Å²) >= 11 is 0. The van der Waals surface area contributed by atoms with Crippen molar-refractivity contribution in [1.29, 1.82) is 0 Å². The fraction of sp³-hybridized carbons (Fsp3) is 0.600. The molecule has 122 valence electrons. The van der Waals surface area contributed by atoms with Gasteiger partial charge in [0.2, 0.25) is 0 Å². The van der Waals surface area contributed by atoms with Crippen molar-refractivity contribution in [2.45, 2.75) is 27.7 Å². The van der Waals surface area contributed by atoms with E-state index in [1.165, 1.54) is 0 Å². The van der Waals surface area contributed by atoms with E-state index in [1.54, 1.807) is 0 Å². The number of aliphatic hydroxyl groups excluding tert-OH is 2. The van der Waals surface area contributed by atoms with E-state index in [0.29, 0.717) is 0 Å². The molecular weight excluding hydrogens is 366 g/mol. The number of aliphatic carboxylic acids is 4. The molecule has 23 heavy (non-hydrogen) atoms. The van der Waals surface area contributed by atoms with Gasteiger partial charge in [-0.15, -0.1) is 0 Å². The first-order valence-electron chi connectivity index (χ1n) is 4.77. The van der Waals surface area contributed by atoms with Crippen molar-refractivity contribution in [3.05, 3.63) is 0 Å². The Morgan fingerprint density at radius 3 is 0.652 bits per heavy atom. The second-order valence-corrected chi connectivity index (χ2v) is 2.41. The van der Waals surface area contributed by atoms with E-state index >= 15 is 0 Å². The van der Waals surface area contributed by atoms with Crippen LogP contribution in [0.15, 0.2) is 0 Å². The molecule has 10 nitrogen and oxygen atoms in total. The van der Waals surface area contributed by atoms with Crippen molar-refractivity contribution in [3.8, 4) is 0 Å². The van der Waals surface area contributed by atoms with Gasteiger partial charge in [-0.2, -0.15) is 0 Å². The number of aliphatic hydroxyl groups is 2. The summed E-state index contributed by atoms with van der Waals surface area (Å²) in [5, 5.41) is 50.8. The van der Waals surface area contributed by atoms with Crippen molar-refractivity contribution >= 4 is 61.6 Å². The summed E-state index contributed by atoms with van der Waals surface area (Å²) in [7, 11) is 0. The predicted octanol–water partition coefficient (Wildman–Crippen LogP) is -12.4. The van der Waals surface area contributed by atoms with Gasteiger partial charge in [0.05, 0.1) is 13.2 Å². The maximum absolute atomic E-state index is 8.89. The molecule has 0 atom stereocenters. The van der Waals surface area contributed by atoms with E-state index in [4.69, 9.17) is 49.8 Å². The molecule has 0 radical (unpaired) electrons. The molecule has 0 fully saturated rings. The summed E-state index contributed by atoms with van der Waals surface area (Å²) in [6, 6.07) is 0. The van der Waals surface area contributed by atoms with E-state index in [-0.39, 0.29) is 110 Å². The Labute approximate surface area is 208 Å². The van der Waals surface area contributed by atoms with Crippen LogP contribution >= 0.6 is 0 Å². The van der Waals surface area contributed by atoms with Gasteiger partial charge in [-0.05, 0) is 27.7 Å². The Balaban J connectivity index is -0.0000000197. The number of hydrogen-bond donors (Lipinski definition) is 2. The minimum absolute atomic E-state index is 0. The summed E-state index contributed by atoms with van der Waals surface area (Å²) in [4.78, 5) is 35.6. The minimum Gasteiger partial charge on any atom is -0.550 e. The van der Waals surface area contributed by atoms with Gasteiger partial charge in [0, 0.05) is 23.9 Å². The van der Waals surface area contributed by atoms with Gasteiger partial charge in [-0.3, -0.25) is 0 Å². The monoisotopic (exact) mass is 384 g/mol. The van der Waals surface area contributed by atoms with E-state index in [1.807, 2.05) is 0 Å². The van der Waals surface area contributed by atoms with E-state index in [0.717, 1.165) is 27.7 Å². The maximum atomic E-state index is 8.89. The van der Waals surface area contributed by atoms with Gasteiger partial charge in [-0.25, -0.2) is 0 Å². The van der Waals surface area contributed by atoms with Crippen molar-refractivity contribution in [1.82, 2.24) is 0 Å². The average Bonchev–Trinajstić information content (AvgIpc) is 2.13. The molecule has 0 aromatic heterocycles. The number of rotatable bonds is 1. The van der Waals surface area contributed by atoms with Gasteiger partial charge in [-0.1, -0.05) is 0 Å². The molecular formula is C10H18CaNa2O10. The first-order chi connectivity index (χ1) is 8.84. The van der Waals surface area contributed by atoms with E-state index in [2.05, 4.69) is 0 Å². The molecule has 0 saturated carbocycles. The van der Waals surface area contributed by atoms with Gasteiger partial charge >= 0.3 is 96.9 Å². The molecule has 0 aromatic rings. The van der Waals surface area contributed by atoms with Crippen molar-refractivity contribution in [3.63, 3.8) is 0 Å². The molecule has 0 unspecified atom stereocenters. The summed E-state index contributed by atoms with van der Waals surface area (Å²) < 4.78 is 0. The van der Waals surface area contributed by atoms with E-state index in [9.17, 15) is 0 Å². The maximum Gasteiger partial charge on any atom is 2.00 e. The second kappa shape index (κ2) is 49.5. The fourth-order valence-corrected chi connectivity index (χ4v) is 0. The van der Waals surface area contributed by atoms with Crippen LogP contribution in [0.1, 0.15) is 27.7 Å². The van der Waals surface area contributed by atoms with Gasteiger partial charge in [0.25, 0.3) is 0 Å². The van der Waals surface area contributed by atoms with Crippen LogP contribution in [-0.4, -0.2) is 85.0 Å².